The molecular weight excluding hydrogens is 388 g/mol. The second-order valence-corrected chi connectivity index (χ2v) is 8.04. The van der Waals surface area contributed by atoms with Gasteiger partial charge in [0, 0.05) is 47.9 Å². The number of nitro benzene ring substituents is 1. The predicted molar refractivity (Wildman–Crippen MR) is 111 cm³/mol. The molecule has 0 unspecified atom stereocenters. The van der Waals surface area contributed by atoms with Crippen molar-refractivity contribution in [2.24, 2.45) is 0 Å². The molecule has 0 bridgehead atoms. The average molecular weight is 408 g/mol. The highest BCUT2D eigenvalue weighted by Crippen LogP contribution is 2.39. The molecule has 1 fully saturated rings. The van der Waals surface area contributed by atoms with Crippen LogP contribution in [-0.2, 0) is 13.1 Å². The Kier molecular flexibility index (Phi) is 4.20. The van der Waals surface area contributed by atoms with Crippen molar-refractivity contribution in [1.82, 2.24) is 19.3 Å². The molecule has 0 amide bonds. The fourth-order valence-corrected chi connectivity index (χ4v) is 4.36. The number of pyridine rings is 1. The quantitative estimate of drug-likeness (QED) is 0.359. The maximum atomic E-state index is 11.1. The Morgan fingerprint density at radius 3 is 2.69 bits per heavy atom. The second kappa shape index (κ2) is 6.77. The molecule has 0 radical (unpaired) electrons. The fourth-order valence-electron chi connectivity index (χ4n) is 4.03. The SMILES string of the molecule is C[C@@H]1Cc2cc([N+](=O)[O-])ccc2N1Cn1nc(-c2ccncc2)n(C2CC2)c1=S. The highest BCUT2D eigenvalue weighted by Gasteiger charge is 2.31. The van der Waals surface area contributed by atoms with Crippen LogP contribution in [-0.4, -0.2) is 30.3 Å². The summed E-state index contributed by atoms with van der Waals surface area (Å²) in [6.45, 7) is 2.64. The summed E-state index contributed by atoms with van der Waals surface area (Å²) in [6, 6.07) is 9.60. The van der Waals surface area contributed by atoms with Gasteiger partial charge in [-0.25, -0.2) is 4.68 Å². The van der Waals surface area contributed by atoms with Gasteiger partial charge in [-0.3, -0.25) is 19.7 Å². The Hall–Kier alpha value is -3.07. The molecule has 0 spiro atoms. The molecule has 0 saturated heterocycles. The first-order valence-electron chi connectivity index (χ1n) is 9.66. The number of anilines is 1. The Labute approximate surface area is 172 Å². The largest absolute Gasteiger partial charge is 0.349 e. The van der Waals surface area contributed by atoms with E-state index in [4.69, 9.17) is 17.3 Å². The minimum atomic E-state index is -0.345. The molecule has 1 aliphatic carbocycles. The molecule has 148 valence electrons. The summed E-state index contributed by atoms with van der Waals surface area (Å²) < 4.78 is 4.74. The normalized spacial score (nSPS) is 18.1. The zero-order valence-electron chi connectivity index (χ0n) is 15.9. The highest BCUT2D eigenvalue weighted by molar-refractivity contribution is 7.71. The van der Waals surface area contributed by atoms with E-state index in [2.05, 4.69) is 21.4 Å². The Bertz CT molecular complexity index is 1150. The van der Waals surface area contributed by atoms with Crippen LogP contribution >= 0.6 is 12.2 Å². The van der Waals surface area contributed by atoms with Crippen LogP contribution in [0.25, 0.3) is 11.4 Å². The number of fused-ring (bicyclic) bond motifs is 1. The van der Waals surface area contributed by atoms with Gasteiger partial charge in [0.15, 0.2) is 10.6 Å². The summed E-state index contributed by atoms with van der Waals surface area (Å²) in [5, 5.41) is 16.0. The molecule has 0 N–H and O–H groups in total. The molecule has 8 nitrogen and oxygen atoms in total. The standard InChI is InChI=1S/C20H20N6O2S/c1-13-10-15-11-17(26(27)28)4-5-18(15)23(13)12-24-20(29)25(16-2-3-16)19(22-24)14-6-8-21-9-7-14/h4-9,11,13,16H,2-3,10,12H2,1H3/t13-/m1/s1. The second-order valence-electron chi connectivity index (χ2n) is 7.68. The van der Waals surface area contributed by atoms with Gasteiger partial charge in [-0.2, -0.15) is 0 Å². The Morgan fingerprint density at radius 1 is 1.24 bits per heavy atom. The van der Waals surface area contributed by atoms with E-state index in [0.29, 0.717) is 17.5 Å². The van der Waals surface area contributed by atoms with Crippen LogP contribution in [0, 0.1) is 14.9 Å². The van der Waals surface area contributed by atoms with Gasteiger partial charge in [0.25, 0.3) is 5.69 Å². The molecule has 3 aromatic rings. The van der Waals surface area contributed by atoms with Crippen LogP contribution in [0.2, 0.25) is 0 Å². The molecule has 2 aromatic heterocycles. The summed E-state index contributed by atoms with van der Waals surface area (Å²) >= 11 is 5.79. The van der Waals surface area contributed by atoms with Gasteiger partial charge < -0.3 is 4.90 Å². The van der Waals surface area contributed by atoms with E-state index in [1.807, 2.05) is 22.9 Å². The van der Waals surface area contributed by atoms with Crippen LogP contribution in [0.1, 0.15) is 31.4 Å². The first-order valence-corrected chi connectivity index (χ1v) is 10.1. The van der Waals surface area contributed by atoms with Crippen molar-refractivity contribution in [2.75, 3.05) is 4.90 Å². The van der Waals surface area contributed by atoms with Gasteiger partial charge in [0.2, 0.25) is 0 Å². The van der Waals surface area contributed by atoms with Gasteiger partial charge in [-0.05, 0) is 62.2 Å². The van der Waals surface area contributed by atoms with Crippen LogP contribution in [0.15, 0.2) is 42.7 Å². The number of aromatic nitrogens is 4. The lowest BCUT2D eigenvalue weighted by Gasteiger charge is -2.24. The summed E-state index contributed by atoms with van der Waals surface area (Å²) in [7, 11) is 0. The van der Waals surface area contributed by atoms with Gasteiger partial charge in [-0.15, -0.1) is 5.10 Å². The van der Waals surface area contributed by atoms with Crippen molar-refractivity contribution in [3.05, 3.63) is 63.2 Å². The number of hydrogen-bond acceptors (Lipinski definition) is 6. The zero-order valence-corrected chi connectivity index (χ0v) is 16.7. The van der Waals surface area contributed by atoms with Gasteiger partial charge >= 0.3 is 0 Å². The Morgan fingerprint density at radius 2 is 2.00 bits per heavy atom. The monoisotopic (exact) mass is 408 g/mol. The van der Waals surface area contributed by atoms with Gasteiger partial charge in [-0.1, -0.05) is 0 Å². The van der Waals surface area contributed by atoms with E-state index in [0.717, 1.165) is 41.9 Å². The molecule has 1 aliphatic heterocycles. The number of non-ortho nitro benzene ring substituents is 1. The molecule has 2 aliphatic rings. The minimum Gasteiger partial charge on any atom is -0.349 e. The summed E-state index contributed by atoms with van der Waals surface area (Å²) in [5.74, 6) is 0.871. The number of nitro groups is 1. The highest BCUT2D eigenvalue weighted by atomic mass is 32.1. The van der Waals surface area contributed by atoms with Crippen LogP contribution < -0.4 is 4.90 Å². The van der Waals surface area contributed by atoms with Crippen molar-refractivity contribution >= 4 is 23.6 Å². The molecule has 1 aromatic carbocycles. The van der Waals surface area contributed by atoms with Crippen molar-refractivity contribution in [2.45, 2.75) is 44.9 Å². The molecule has 9 heteroatoms. The molecule has 29 heavy (non-hydrogen) atoms. The van der Waals surface area contributed by atoms with Crippen LogP contribution in [0.5, 0.6) is 0 Å². The molecule has 1 saturated carbocycles. The third kappa shape index (κ3) is 3.11. The first-order chi connectivity index (χ1) is 14.0. The molecule has 1 atom stereocenters. The lowest BCUT2D eigenvalue weighted by atomic mass is 10.1. The summed E-state index contributed by atoms with van der Waals surface area (Å²) in [6.07, 6.45) is 6.53. The van der Waals surface area contributed by atoms with Crippen LogP contribution in [0.3, 0.4) is 0 Å². The fraction of sp³-hybridized carbons (Fsp3) is 0.350. The van der Waals surface area contributed by atoms with Crippen molar-refractivity contribution in [3.63, 3.8) is 0 Å². The Balaban J connectivity index is 1.52. The van der Waals surface area contributed by atoms with E-state index >= 15 is 0 Å². The number of hydrogen-bond donors (Lipinski definition) is 0. The predicted octanol–water partition coefficient (Wildman–Crippen LogP) is 4.13. The van der Waals surface area contributed by atoms with E-state index in [9.17, 15) is 10.1 Å². The van der Waals surface area contributed by atoms with E-state index in [-0.39, 0.29) is 16.7 Å². The maximum Gasteiger partial charge on any atom is 0.269 e. The summed E-state index contributed by atoms with van der Waals surface area (Å²) in [5.41, 5.74) is 3.14. The van der Waals surface area contributed by atoms with Gasteiger partial charge in [0.05, 0.1) is 4.92 Å². The van der Waals surface area contributed by atoms with E-state index < -0.39 is 0 Å². The molecule has 5 rings (SSSR count). The zero-order chi connectivity index (χ0) is 20.1. The molecule has 3 heterocycles. The minimum absolute atomic E-state index is 0.132. The first kappa shape index (κ1) is 18.0. The third-order valence-electron chi connectivity index (χ3n) is 5.64. The average Bonchev–Trinajstić information content (AvgIpc) is 3.44. The van der Waals surface area contributed by atoms with Crippen molar-refractivity contribution < 1.29 is 4.92 Å². The van der Waals surface area contributed by atoms with Crippen molar-refractivity contribution in [1.29, 1.82) is 0 Å². The number of rotatable bonds is 5. The van der Waals surface area contributed by atoms with Gasteiger partial charge in [0.1, 0.15) is 6.67 Å². The topological polar surface area (TPSA) is 82.0 Å². The van der Waals surface area contributed by atoms with Crippen LogP contribution in [0.4, 0.5) is 11.4 Å². The number of benzene rings is 1. The smallest absolute Gasteiger partial charge is 0.269 e. The summed E-state index contributed by atoms with van der Waals surface area (Å²) in [4.78, 5) is 17.1. The lowest BCUT2D eigenvalue weighted by Crippen LogP contribution is -2.32. The lowest BCUT2D eigenvalue weighted by molar-refractivity contribution is -0.384. The number of nitrogens with zero attached hydrogens (tertiary/aromatic N) is 6. The third-order valence-corrected chi connectivity index (χ3v) is 6.05. The van der Waals surface area contributed by atoms with E-state index in [1.54, 1.807) is 24.5 Å². The van der Waals surface area contributed by atoms with E-state index in [1.165, 1.54) is 0 Å². The van der Waals surface area contributed by atoms with Crippen molar-refractivity contribution in [3.8, 4) is 11.4 Å². The molecular formula is C20H20N6O2S. The maximum absolute atomic E-state index is 11.1.